The third kappa shape index (κ3) is 8.96. The van der Waals surface area contributed by atoms with E-state index in [1.165, 1.54) is 0 Å². The lowest BCUT2D eigenvalue weighted by atomic mass is 10.2. The van der Waals surface area contributed by atoms with Crippen LogP contribution in [0.2, 0.25) is 0 Å². The molecule has 178 valence electrons. The molecule has 0 saturated carbocycles. The molecule has 7 heteroatoms. The number of nitrogens with zero attached hydrogens (tertiary/aromatic N) is 1. The van der Waals surface area contributed by atoms with Gasteiger partial charge in [-0.1, -0.05) is 65.7 Å². The number of anilines is 2. The summed E-state index contributed by atoms with van der Waals surface area (Å²) in [4.78, 5) is 26.3. The second kappa shape index (κ2) is 13.0. The van der Waals surface area contributed by atoms with Gasteiger partial charge in [0.15, 0.2) is 0 Å². The van der Waals surface area contributed by atoms with E-state index in [-0.39, 0.29) is 13.2 Å². The van der Waals surface area contributed by atoms with E-state index in [9.17, 15) is 9.59 Å². The molecule has 0 fully saturated rings. The molecule has 7 nitrogen and oxygen atoms in total. The molecule has 0 unspecified atom stereocenters. The summed E-state index contributed by atoms with van der Waals surface area (Å²) in [6.07, 6.45) is -1.01. The van der Waals surface area contributed by atoms with Crippen molar-refractivity contribution in [3.05, 3.63) is 95.6 Å². The Labute approximate surface area is 200 Å². The highest BCUT2D eigenvalue weighted by molar-refractivity contribution is 5.85. The minimum Gasteiger partial charge on any atom is -0.448 e. The number of amides is 2. The minimum atomic E-state index is -0.503. The smallest absolute Gasteiger partial charge is 0.411 e. The van der Waals surface area contributed by atoms with E-state index in [0.29, 0.717) is 31.0 Å². The fourth-order valence-corrected chi connectivity index (χ4v) is 3.23. The van der Waals surface area contributed by atoms with Crippen LogP contribution >= 0.6 is 0 Å². The number of hydrogen-bond donors (Lipinski definition) is 2. The van der Waals surface area contributed by atoms with Crippen LogP contribution in [0.3, 0.4) is 0 Å². The number of rotatable bonds is 10. The molecule has 0 saturated heterocycles. The maximum absolute atomic E-state index is 12.1. The Hall–Kier alpha value is -3.84. The van der Waals surface area contributed by atoms with Crippen molar-refractivity contribution in [3.63, 3.8) is 0 Å². The van der Waals surface area contributed by atoms with Crippen molar-refractivity contribution in [2.24, 2.45) is 0 Å². The highest BCUT2D eigenvalue weighted by Crippen LogP contribution is 2.10. The summed E-state index contributed by atoms with van der Waals surface area (Å²) in [5, 5.41) is 5.44. The van der Waals surface area contributed by atoms with Crippen molar-refractivity contribution in [2.75, 3.05) is 36.9 Å². The van der Waals surface area contributed by atoms with E-state index in [1.54, 1.807) is 0 Å². The van der Waals surface area contributed by atoms with E-state index in [2.05, 4.69) is 15.5 Å². The van der Waals surface area contributed by atoms with Crippen LogP contribution in [-0.2, 0) is 16.0 Å². The minimum absolute atomic E-state index is 0.208. The van der Waals surface area contributed by atoms with Crippen LogP contribution in [0.4, 0.5) is 21.0 Å². The molecule has 0 aromatic heterocycles. The highest BCUT2D eigenvalue weighted by Gasteiger charge is 2.11. The molecule has 3 aromatic rings. The second-order valence-electron chi connectivity index (χ2n) is 8.02. The van der Waals surface area contributed by atoms with Gasteiger partial charge in [-0.15, -0.1) is 0 Å². The van der Waals surface area contributed by atoms with Crippen LogP contribution < -0.4 is 10.6 Å². The normalized spacial score (nSPS) is 10.6. The summed E-state index contributed by atoms with van der Waals surface area (Å²) < 4.78 is 10.7. The van der Waals surface area contributed by atoms with Crippen LogP contribution in [-0.4, -0.2) is 43.4 Å². The first-order valence-corrected chi connectivity index (χ1v) is 11.2. The lowest BCUT2D eigenvalue weighted by Crippen LogP contribution is -2.32. The maximum atomic E-state index is 12.1. The van der Waals surface area contributed by atoms with Crippen LogP contribution in [0, 0.1) is 13.8 Å². The van der Waals surface area contributed by atoms with Gasteiger partial charge in [-0.05, 0) is 43.7 Å². The van der Waals surface area contributed by atoms with Gasteiger partial charge in [0.05, 0.1) is 0 Å². The molecule has 0 radical (unpaired) electrons. The van der Waals surface area contributed by atoms with E-state index < -0.39 is 12.2 Å². The Balaban J connectivity index is 1.45. The van der Waals surface area contributed by atoms with Crippen LogP contribution in [0.25, 0.3) is 0 Å². The highest BCUT2D eigenvalue weighted by atomic mass is 16.6. The Bertz CT molecular complexity index is 972. The average molecular weight is 462 g/mol. The predicted molar refractivity (Wildman–Crippen MR) is 134 cm³/mol. The third-order valence-electron chi connectivity index (χ3n) is 5.13. The summed E-state index contributed by atoms with van der Waals surface area (Å²) in [7, 11) is 0. The number of benzene rings is 3. The number of carbonyl (C=O) groups excluding carboxylic acids is 2. The molecule has 0 bridgehead atoms. The molecule has 0 spiro atoms. The lowest BCUT2D eigenvalue weighted by molar-refractivity contribution is 0.114. The monoisotopic (exact) mass is 461 g/mol. The maximum Gasteiger partial charge on any atom is 0.411 e. The van der Waals surface area contributed by atoms with Crippen molar-refractivity contribution in [3.8, 4) is 0 Å². The Morgan fingerprint density at radius 3 is 1.56 bits per heavy atom. The fraction of sp³-hybridized carbons (Fsp3) is 0.259. The molecule has 0 aliphatic carbocycles. The van der Waals surface area contributed by atoms with Gasteiger partial charge in [0, 0.05) is 31.0 Å². The van der Waals surface area contributed by atoms with Crippen LogP contribution in [0.1, 0.15) is 16.7 Å². The predicted octanol–water partition coefficient (Wildman–Crippen LogP) is 5.60. The Morgan fingerprint density at radius 1 is 0.676 bits per heavy atom. The van der Waals surface area contributed by atoms with Crippen LogP contribution in [0.15, 0.2) is 78.9 Å². The van der Waals surface area contributed by atoms with Crippen molar-refractivity contribution in [1.82, 2.24) is 4.90 Å². The summed E-state index contributed by atoms with van der Waals surface area (Å²) in [6.45, 7) is 6.03. The van der Waals surface area contributed by atoms with Crippen LogP contribution in [0.5, 0.6) is 0 Å². The molecular formula is C27H31N3O4. The standard InChI is InChI=1S/C27H31N3O4/c1-21-8-12-24(13-9-21)28-26(31)33-18-16-30(20-23-6-4-3-5-7-23)17-19-34-27(32)29-25-14-10-22(2)11-15-25/h3-15H,16-20H2,1-2H3,(H,28,31)(H,29,32). The summed E-state index contributed by atoms with van der Waals surface area (Å²) in [5.41, 5.74) is 4.72. The summed E-state index contributed by atoms with van der Waals surface area (Å²) >= 11 is 0. The molecule has 2 amide bonds. The van der Waals surface area contributed by atoms with Gasteiger partial charge in [-0.3, -0.25) is 15.5 Å². The average Bonchev–Trinajstić information content (AvgIpc) is 2.82. The zero-order chi connectivity index (χ0) is 24.2. The molecule has 0 atom stereocenters. The van der Waals surface area contributed by atoms with Crippen molar-refractivity contribution >= 4 is 23.6 Å². The number of aryl methyl sites for hydroxylation is 2. The summed E-state index contributed by atoms with van der Waals surface area (Å²) in [6, 6.07) is 25.0. The molecule has 3 rings (SSSR count). The molecule has 0 heterocycles. The van der Waals surface area contributed by atoms with Gasteiger partial charge in [0.25, 0.3) is 0 Å². The number of ether oxygens (including phenoxy) is 2. The quantitative estimate of drug-likeness (QED) is 0.411. The van der Waals surface area contributed by atoms with Gasteiger partial charge < -0.3 is 9.47 Å². The number of hydrogen-bond acceptors (Lipinski definition) is 5. The molecule has 34 heavy (non-hydrogen) atoms. The first-order valence-electron chi connectivity index (χ1n) is 11.2. The molecular weight excluding hydrogens is 430 g/mol. The van der Waals surface area contributed by atoms with Gasteiger partial charge >= 0.3 is 12.2 Å². The van der Waals surface area contributed by atoms with Gasteiger partial charge in [-0.2, -0.15) is 0 Å². The zero-order valence-corrected chi connectivity index (χ0v) is 19.6. The van der Waals surface area contributed by atoms with Crippen molar-refractivity contribution in [2.45, 2.75) is 20.4 Å². The van der Waals surface area contributed by atoms with E-state index in [1.807, 2.05) is 92.7 Å². The molecule has 3 aromatic carbocycles. The SMILES string of the molecule is Cc1ccc(NC(=O)OCCN(CCOC(=O)Nc2ccc(C)cc2)Cc2ccccc2)cc1. The molecule has 0 aliphatic heterocycles. The molecule has 0 aliphatic rings. The van der Waals surface area contributed by atoms with E-state index in [0.717, 1.165) is 16.7 Å². The zero-order valence-electron chi connectivity index (χ0n) is 19.6. The van der Waals surface area contributed by atoms with Crippen molar-refractivity contribution in [1.29, 1.82) is 0 Å². The first kappa shape index (κ1) is 24.8. The van der Waals surface area contributed by atoms with E-state index >= 15 is 0 Å². The lowest BCUT2D eigenvalue weighted by Gasteiger charge is -2.22. The van der Waals surface area contributed by atoms with Gasteiger partial charge in [0.2, 0.25) is 0 Å². The third-order valence-corrected chi connectivity index (χ3v) is 5.13. The topological polar surface area (TPSA) is 79.9 Å². The van der Waals surface area contributed by atoms with Gasteiger partial charge in [-0.25, -0.2) is 9.59 Å². The van der Waals surface area contributed by atoms with E-state index in [4.69, 9.17) is 9.47 Å². The Morgan fingerprint density at radius 2 is 1.12 bits per heavy atom. The molecule has 2 N–H and O–H groups in total. The largest absolute Gasteiger partial charge is 0.448 e. The van der Waals surface area contributed by atoms with Crippen molar-refractivity contribution < 1.29 is 19.1 Å². The van der Waals surface area contributed by atoms with Gasteiger partial charge in [0.1, 0.15) is 13.2 Å². The first-order chi connectivity index (χ1) is 16.5. The second-order valence-corrected chi connectivity index (χ2v) is 8.02. The fourth-order valence-electron chi connectivity index (χ4n) is 3.23. The Kier molecular flexibility index (Phi) is 9.49. The number of nitrogens with one attached hydrogen (secondary N) is 2. The summed E-state index contributed by atoms with van der Waals surface area (Å²) in [5.74, 6) is 0. The number of carbonyl (C=O) groups is 2.